The molecular formula is C27H38N4O14. The summed E-state index contributed by atoms with van der Waals surface area (Å²) in [5.74, 6) is -7.78. The first-order chi connectivity index (χ1) is 21.2. The molecule has 18 heteroatoms. The van der Waals surface area contributed by atoms with Crippen molar-refractivity contribution in [2.24, 2.45) is 0 Å². The summed E-state index contributed by atoms with van der Waals surface area (Å²) in [6, 6.07) is -2.78. The third kappa shape index (κ3) is 15.4. The quantitative estimate of drug-likeness (QED) is 0.0534. The molecule has 0 saturated carbocycles. The third-order valence-electron chi connectivity index (χ3n) is 6.36. The van der Waals surface area contributed by atoms with Crippen LogP contribution in [0.1, 0.15) is 89.9 Å². The lowest BCUT2D eigenvalue weighted by Gasteiger charge is -2.17. The molecule has 1 rings (SSSR count). The normalized spacial score (nSPS) is 13.8. The van der Waals surface area contributed by atoms with Gasteiger partial charge in [-0.15, -0.1) is 5.06 Å². The highest BCUT2D eigenvalue weighted by Gasteiger charge is 2.33. The van der Waals surface area contributed by atoms with Gasteiger partial charge in [0, 0.05) is 45.6 Å². The fourth-order valence-corrected chi connectivity index (χ4v) is 3.89. The van der Waals surface area contributed by atoms with Crippen LogP contribution in [0.25, 0.3) is 0 Å². The Kier molecular flexibility index (Phi) is 17.1. The number of carbonyl (C=O) groups excluding carboxylic acids is 8. The molecule has 18 nitrogen and oxygen atoms in total. The first kappa shape index (κ1) is 38.1. The molecule has 0 aliphatic carbocycles. The summed E-state index contributed by atoms with van der Waals surface area (Å²) < 4.78 is 0. The Hall–Kier alpha value is -4.90. The molecule has 250 valence electrons. The van der Waals surface area contributed by atoms with Gasteiger partial charge in [-0.2, -0.15) is 5.06 Å². The number of rotatable bonds is 21. The van der Waals surface area contributed by atoms with Gasteiger partial charge >= 0.3 is 23.9 Å². The van der Waals surface area contributed by atoms with E-state index in [-0.39, 0.29) is 51.4 Å². The summed E-state index contributed by atoms with van der Waals surface area (Å²) in [7, 11) is 1.18. The maximum absolute atomic E-state index is 12.2. The highest BCUT2D eigenvalue weighted by Crippen LogP contribution is 2.14. The molecule has 1 heterocycles. The van der Waals surface area contributed by atoms with Crippen molar-refractivity contribution in [3.05, 3.63) is 0 Å². The van der Waals surface area contributed by atoms with Crippen LogP contribution in [0.3, 0.4) is 0 Å². The molecule has 0 aromatic rings. The van der Waals surface area contributed by atoms with Crippen molar-refractivity contribution < 1.29 is 67.8 Å². The second kappa shape index (κ2) is 20.1. The number of hydrogen-bond acceptors (Lipinski definition) is 12. The highest BCUT2D eigenvalue weighted by molar-refractivity contribution is 6.01. The fourth-order valence-electron chi connectivity index (χ4n) is 3.89. The van der Waals surface area contributed by atoms with E-state index in [4.69, 9.17) is 4.84 Å². The van der Waals surface area contributed by atoms with Crippen LogP contribution in [0, 0.1) is 0 Å². The van der Waals surface area contributed by atoms with Gasteiger partial charge in [-0.3, -0.25) is 24.0 Å². The number of hydrogen-bond donors (Lipinski definition) is 4. The van der Waals surface area contributed by atoms with Crippen LogP contribution in [0.4, 0.5) is 0 Å². The minimum Gasteiger partial charge on any atom is -0.480 e. The van der Waals surface area contributed by atoms with Gasteiger partial charge in [0.2, 0.25) is 11.8 Å². The minimum atomic E-state index is -1.40. The number of nitrogens with one attached hydrogen (secondary N) is 2. The standard InChI is InChI=1S/C27H38N4O14/c1-30(21(35)9-6-16-32)44-24(38)14-10-17(26(40)41)28-19(33)7-4-2-3-5-8-20(34)29-18(27(42)43)11-15-25(39)45-31-22(36)12-13-23(31)37/h16-18H,2-15H2,1H3,(H,28,33)(H,29,34)(H,40,41)(H,42,43). The first-order valence-electron chi connectivity index (χ1n) is 14.3. The van der Waals surface area contributed by atoms with E-state index in [1.165, 1.54) is 7.05 Å². The van der Waals surface area contributed by atoms with Crippen LogP contribution in [0.5, 0.6) is 0 Å². The Morgan fingerprint density at radius 1 is 0.778 bits per heavy atom. The third-order valence-corrected chi connectivity index (χ3v) is 6.36. The van der Waals surface area contributed by atoms with E-state index in [2.05, 4.69) is 15.5 Å². The molecule has 0 bridgehead atoms. The number of hydroxylamine groups is 4. The zero-order valence-electron chi connectivity index (χ0n) is 24.8. The molecule has 4 N–H and O–H groups in total. The van der Waals surface area contributed by atoms with Gasteiger partial charge in [0.05, 0.1) is 12.8 Å². The summed E-state index contributed by atoms with van der Waals surface area (Å²) in [6.07, 6.45) is 0.303. The average Bonchev–Trinajstić information content (AvgIpc) is 3.29. The molecule has 0 radical (unpaired) electrons. The van der Waals surface area contributed by atoms with Crippen LogP contribution in [0.15, 0.2) is 0 Å². The Bertz CT molecular complexity index is 1120. The van der Waals surface area contributed by atoms with Crippen LogP contribution < -0.4 is 10.6 Å². The van der Waals surface area contributed by atoms with Gasteiger partial charge in [-0.05, 0) is 25.7 Å². The van der Waals surface area contributed by atoms with Crippen LogP contribution in [-0.4, -0.2) is 99.2 Å². The predicted octanol–water partition coefficient (Wildman–Crippen LogP) is -0.471. The second-order valence-corrected chi connectivity index (χ2v) is 10.0. The van der Waals surface area contributed by atoms with Crippen LogP contribution in [-0.2, 0) is 57.6 Å². The number of carboxylic acid groups (broad SMARTS) is 2. The molecule has 0 aromatic carbocycles. The number of imide groups is 1. The van der Waals surface area contributed by atoms with Crippen molar-refractivity contribution in [2.45, 2.75) is 102 Å². The van der Waals surface area contributed by atoms with Crippen molar-refractivity contribution in [3.8, 4) is 0 Å². The molecular weight excluding hydrogens is 604 g/mol. The number of carbonyl (C=O) groups is 10. The lowest BCUT2D eigenvalue weighted by atomic mass is 10.1. The molecule has 2 atom stereocenters. The predicted molar refractivity (Wildman–Crippen MR) is 147 cm³/mol. The van der Waals surface area contributed by atoms with E-state index in [9.17, 15) is 58.2 Å². The van der Waals surface area contributed by atoms with Crippen LogP contribution in [0.2, 0.25) is 0 Å². The molecule has 5 amide bonds. The van der Waals surface area contributed by atoms with E-state index in [0.29, 0.717) is 42.1 Å². The lowest BCUT2D eigenvalue weighted by molar-refractivity contribution is -0.197. The Morgan fingerprint density at radius 2 is 1.24 bits per heavy atom. The van der Waals surface area contributed by atoms with Gasteiger partial charge in [0.25, 0.3) is 17.7 Å². The zero-order valence-corrected chi connectivity index (χ0v) is 24.8. The number of aliphatic carboxylic acids is 2. The smallest absolute Gasteiger partial charge is 0.333 e. The van der Waals surface area contributed by atoms with Crippen molar-refractivity contribution in [1.82, 2.24) is 20.8 Å². The summed E-state index contributed by atoms with van der Waals surface area (Å²) in [5.41, 5.74) is 0. The first-order valence-corrected chi connectivity index (χ1v) is 14.3. The van der Waals surface area contributed by atoms with Crippen molar-refractivity contribution in [1.29, 1.82) is 0 Å². The van der Waals surface area contributed by atoms with E-state index < -0.39 is 78.3 Å². The molecule has 2 unspecified atom stereocenters. The molecule has 1 fully saturated rings. The number of aldehydes is 1. The van der Waals surface area contributed by atoms with E-state index in [1.807, 2.05) is 0 Å². The largest absolute Gasteiger partial charge is 0.480 e. The van der Waals surface area contributed by atoms with Crippen molar-refractivity contribution in [2.75, 3.05) is 7.05 Å². The molecule has 45 heavy (non-hydrogen) atoms. The topological polar surface area (TPSA) is 260 Å². The molecule has 1 aliphatic heterocycles. The highest BCUT2D eigenvalue weighted by atomic mass is 16.7. The van der Waals surface area contributed by atoms with Gasteiger partial charge in [-0.1, -0.05) is 12.8 Å². The molecule has 1 aliphatic rings. The monoisotopic (exact) mass is 642 g/mol. The SMILES string of the molecule is CN(OC(=O)CCC(NC(=O)CCCCCCC(=O)NC(CCC(=O)ON1C(=O)CCC1=O)C(=O)O)C(=O)O)C(=O)CCC=O. The number of carboxylic acids is 2. The maximum atomic E-state index is 12.2. The molecule has 0 spiro atoms. The van der Waals surface area contributed by atoms with Crippen LogP contribution >= 0.6 is 0 Å². The van der Waals surface area contributed by atoms with E-state index in [0.717, 1.165) is 0 Å². The van der Waals surface area contributed by atoms with Gasteiger partial charge < -0.3 is 35.3 Å². The minimum absolute atomic E-state index is 0.0276. The zero-order chi connectivity index (χ0) is 33.9. The summed E-state index contributed by atoms with van der Waals surface area (Å²) in [5, 5.41) is 24.3. The van der Waals surface area contributed by atoms with Gasteiger partial charge in [0.15, 0.2) is 0 Å². The van der Waals surface area contributed by atoms with E-state index in [1.54, 1.807) is 0 Å². The average molecular weight is 643 g/mol. The second-order valence-electron chi connectivity index (χ2n) is 10.0. The Labute approximate surface area is 257 Å². The Morgan fingerprint density at radius 3 is 1.69 bits per heavy atom. The fraction of sp³-hybridized carbons (Fsp3) is 0.630. The van der Waals surface area contributed by atoms with Gasteiger partial charge in [-0.25, -0.2) is 19.2 Å². The molecule has 1 saturated heterocycles. The van der Waals surface area contributed by atoms with Gasteiger partial charge in [0.1, 0.15) is 18.4 Å². The summed E-state index contributed by atoms with van der Waals surface area (Å²) >= 11 is 0. The maximum Gasteiger partial charge on any atom is 0.333 e. The number of nitrogens with zero attached hydrogens (tertiary/aromatic N) is 2. The summed E-state index contributed by atoms with van der Waals surface area (Å²) in [4.78, 5) is 125. The Balaban J connectivity index is 2.29. The summed E-state index contributed by atoms with van der Waals surface area (Å²) in [6.45, 7) is 0. The lowest BCUT2D eigenvalue weighted by Crippen LogP contribution is -2.41. The van der Waals surface area contributed by atoms with Crippen molar-refractivity contribution in [3.63, 3.8) is 0 Å². The molecule has 0 aromatic heterocycles. The van der Waals surface area contributed by atoms with Crippen molar-refractivity contribution >= 4 is 59.7 Å². The number of amides is 5. The van der Waals surface area contributed by atoms with E-state index >= 15 is 0 Å². The number of unbranched alkanes of at least 4 members (excludes halogenated alkanes) is 3.